The standard InChI is InChI=1S/C36H70N2/c1-3-5-7-9-15-21-27-35-33(25-19-8-6-4-2)29-30-34(26-20-14-10-12-17-23-31-37)36(35)28-22-16-11-13-18-24-32-38/h15,21,29-30,33-36H,3-14,16-20,22-28,31-32,37-38H2,1-2H3. The molecule has 0 aromatic heterocycles. The second kappa shape index (κ2) is 26.6. The summed E-state index contributed by atoms with van der Waals surface area (Å²) in [6.07, 6.45) is 43.2. The Morgan fingerprint density at radius 2 is 0.921 bits per heavy atom. The highest BCUT2D eigenvalue weighted by Crippen LogP contribution is 2.44. The van der Waals surface area contributed by atoms with Crippen LogP contribution in [0.2, 0.25) is 0 Å². The molecule has 0 saturated carbocycles. The zero-order chi connectivity index (χ0) is 27.5. The molecule has 4 unspecified atom stereocenters. The molecule has 2 nitrogen and oxygen atoms in total. The number of hydrogen-bond acceptors (Lipinski definition) is 2. The van der Waals surface area contributed by atoms with E-state index in [1.807, 2.05) is 0 Å². The zero-order valence-corrected chi connectivity index (χ0v) is 26.2. The van der Waals surface area contributed by atoms with Crippen LogP contribution in [0.15, 0.2) is 24.3 Å². The topological polar surface area (TPSA) is 52.0 Å². The molecule has 1 aliphatic rings. The molecular formula is C36H70N2. The molecule has 0 fully saturated rings. The number of nitrogens with two attached hydrogens (primary N) is 2. The Hall–Kier alpha value is -0.600. The van der Waals surface area contributed by atoms with Gasteiger partial charge in [0.05, 0.1) is 0 Å². The molecule has 4 atom stereocenters. The van der Waals surface area contributed by atoms with Crippen molar-refractivity contribution in [3.8, 4) is 0 Å². The van der Waals surface area contributed by atoms with E-state index < -0.39 is 0 Å². The minimum Gasteiger partial charge on any atom is -0.330 e. The van der Waals surface area contributed by atoms with Crippen LogP contribution in [-0.4, -0.2) is 13.1 Å². The van der Waals surface area contributed by atoms with Gasteiger partial charge in [-0.05, 0) is 88.1 Å². The first-order valence-electron chi connectivity index (χ1n) is 17.5. The SMILES string of the molecule is CCCCCC=CCC1C(CCCCCC)C=CC(CCCCCCCCN)C1CCCCCCCCN. The maximum atomic E-state index is 5.70. The van der Waals surface area contributed by atoms with Crippen LogP contribution < -0.4 is 11.5 Å². The molecule has 0 radical (unpaired) electrons. The van der Waals surface area contributed by atoms with E-state index in [0.29, 0.717) is 0 Å². The maximum absolute atomic E-state index is 5.70. The summed E-state index contributed by atoms with van der Waals surface area (Å²) in [6.45, 7) is 6.36. The summed E-state index contributed by atoms with van der Waals surface area (Å²) < 4.78 is 0. The highest BCUT2D eigenvalue weighted by Gasteiger charge is 2.34. The van der Waals surface area contributed by atoms with Crippen molar-refractivity contribution in [1.29, 1.82) is 0 Å². The van der Waals surface area contributed by atoms with Gasteiger partial charge in [0.2, 0.25) is 0 Å². The van der Waals surface area contributed by atoms with E-state index in [4.69, 9.17) is 11.5 Å². The molecule has 224 valence electrons. The average Bonchev–Trinajstić information content (AvgIpc) is 2.93. The largest absolute Gasteiger partial charge is 0.330 e. The Kier molecular flexibility index (Phi) is 24.8. The summed E-state index contributed by atoms with van der Waals surface area (Å²) in [5, 5.41) is 0. The first-order valence-corrected chi connectivity index (χ1v) is 17.5. The summed E-state index contributed by atoms with van der Waals surface area (Å²) in [5.74, 6) is 3.35. The molecule has 1 aliphatic carbocycles. The van der Waals surface area contributed by atoms with Crippen LogP contribution in [0.4, 0.5) is 0 Å². The van der Waals surface area contributed by atoms with Crippen molar-refractivity contribution >= 4 is 0 Å². The Labute approximate surface area is 240 Å². The molecular weight excluding hydrogens is 460 g/mol. The van der Waals surface area contributed by atoms with Crippen LogP contribution in [0.5, 0.6) is 0 Å². The first-order chi connectivity index (χ1) is 18.8. The summed E-state index contributed by atoms with van der Waals surface area (Å²) in [5.41, 5.74) is 11.4. The van der Waals surface area contributed by atoms with E-state index in [2.05, 4.69) is 38.2 Å². The van der Waals surface area contributed by atoms with Gasteiger partial charge >= 0.3 is 0 Å². The molecule has 38 heavy (non-hydrogen) atoms. The van der Waals surface area contributed by atoms with Gasteiger partial charge < -0.3 is 11.5 Å². The van der Waals surface area contributed by atoms with Gasteiger partial charge in [-0.1, -0.05) is 141 Å². The lowest BCUT2D eigenvalue weighted by molar-refractivity contribution is 0.159. The van der Waals surface area contributed by atoms with Gasteiger partial charge in [-0.3, -0.25) is 0 Å². The Morgan fingerprint density at radius 1 is 0.474 bits per heavy atom. The predicted molar refractivity (Wildman–Crippen MR) is 173 cm³/mol. The minimum atomic E-state index is 0.800. The number of rotatable bonds is 27. The third-order valence-electron chi connectivity index (χ3n) is 9.18. The Balaban J connectivity index is 2.77. The van der Waals surface area contributed by atoms with Crippen molar-refractivity contribution in [1.82, 2.24) is 0 Å². The van der Waals surface area contributed by atoms with Crippen molar-refractivity contribution in [2.24, 2.45) is 35.1 Å². The van der Waals surface area contributed by atoms with Crippen LogP contribution >= 0.6 is 0 Å². The zero-order valence-electron chi connectivity index (χ0n) is 26.2. The fourth-order valence-electron chi connectivity index (χ4n) is 6.76. The quantitative estimate of drug-likeness (QED) is 0.0819. The van der Waals surface area contributed by atoms with E-state index in [1.165, 1.54) is 154 Å². The monoisotopic (exact) mass is 531 g/mol. The third-order valence-corrected chi connectivity index (χ3v) is 9.18. The van der Waals surface area contributed by atoms with Crippen LogP contribution in [-0.2, 0) is 0 Å². The minimum absolute atomic E-state index is 0.800. The lowest BCUT2D eigenvalue weighted by atomic mass is 9.65. The van der Waals surface area contributed by atoms with Crippen molar-refractivity contribution in [2.45, 2.75) is 168 Å². The van der Waals surface area contributed by atoms with Gasteiger partial charge in [-0.2, -0.15) is 0 Å². The smallest absolute Gasteiger partial charge is 0.00773 e. The molecule has 0 heterocycles. The van der Waals surface area contributed by atoms with Crippen molar-refractivity contribution in [2.75, 3.05) is 13.1 Å². The lowest BCUT2D eigenvalue weighted by Gasteiger charge is -2.40. The molecule has 0 aromatic carbocycles. The third kappa shape index (κ3) is 17.9. The highest BCUT2D eigenvalue weighted by atomic mass is 14.5. The molecule has 2 heteroatoms. The maximum Gasteiger partial charge on any atom is -0.00773 e. The molecule has 4 N–H and O–H groups in total. The van der Waals surface area contributed by atoms with E-state index in [9.17, 15) is 0 Å². The van der Waals surface area contributed by atoms with E-state index in [1.54, 1.807) is 0 Å². The second-order valence-electron chi connectivity index (χ2n) is 12.5. The first kappa shape index (κ1) is 35.4. The van der Waals surface area contributed by atoms with Crippen LogP contribution in [0, 0.1) is 23.7 Å². The fraction of sp³-hybridized carbons (Fsp3) is 0.889. The van der Waals surface area contributed by atoms with Crippen molar-refractivity contribution in [3.63, 3.8) is 0 Å². The van der Waals surface area contributed by atoms with Gasteiger partial charge in [0.1, 0.15) is 0 Å². The fourth-order valence-corrected chi connectivity index (χ4v) is 6.76. The van der Waals surface area contributed by atoms with Gasteiger partial charge in [0, 0.05) is 0 Å². The van der Waals surface area contributed by atoms with Gasteiger partial charge in [0.25, 0.3) is 0 Å². The highest BCUT2D eigenvalue weighted by molar-refractivity contribution is 5.06. The van der Waals surface area contributed by atoms with Crippen molar-refractivity contribution in [3.05, 3.63) is 24.3 Å². The summed E-state index contributed by atoms with van der Waals surface area (Å²) in [6, 6.07) is 0. The van der Waals surface area contributed by atoms with E-state index >= 15 is 0 Å². The Bertz CT molecular complexity index is 539. The molecule has 0 saturated heterocycles. The predicted octanol–water partition coefficient (Wildman–Crippen LogP) is 10.9. The van der Waals surface area contributed by atoms with Gasteiger partial charge in [-0.25, -0.2) is 0 Å². The summed E-state index contributed by atoms with van der Waals surface area (Å²) in [4.78, 5) is 0. The summed E-state index contributed by atoms with van der Waals surface area (Å²) >= 11 is 0. The van der Waals surface area contributed by atoms with Crippen LogP contribution in [0.3, 0.4) is 0 Å². The molecule has 1 rings (SSSR count). The van der Waals surface area contributed by atoms with Crippen LogP contribution in [0.1, 0.15) is 168 Å². The molecule has 0 bridgehead atoms. The summed E-state index contributed by atoms with van der Waals surface area (Å²) in [7, 11) is 0. The molecule has 0 spiro atoms. The van der Waals surface area contributed by atoms with Gasteiger partial charge in [0.15, 0.2) is 0 Å². The second-order valence-corrected chi connectivity index (χ2v) is 12.5. The molecule has 0 aromatic rings. The molecule has 0 aliphatic heterocycles. The Morgan fingerprint density at radius 3 is 1.47 bits per heavy atom. The number of hydrogen-bond donors (Lipinski definition) is 2. The number of unbranched alkanes of at least 4 members (excludes halogenated alkanes) is 16. The lowest BCUT2D eigenvalue weighted by Crippen LogP contribution is -2.31. The number of allylic oxidation sites excluding steroid dienone is 4. The molecule has 0 amide bonds. The van der Waals surface area contributed by atoms with Crippen molar-refractivity contribution < 1.29 is 0 Å². The van der Waals surface area contributed by atoms with Crippen LogP contribution in [0.25, 0.3) is 0 Å². The average molecular weight is 531 g/mol. The van der Waals surface area contributed by atoms with E-state index in [-0.39, 0.29) is 0 Å². The van der Waals surface area contributed by atoms with E-state index in [0.717, 1.165) is 36.8 Å². The van der Waals surface area contributed by atoms with Gasteiger partial charge in [-0.15, -0.1) is 0 Å². The normalized spacial score (nSPS) is 21.6.